The molecule has 0 radical (unpaired) electrons. The number of carbonyl (C=O) groups excluding carboxylic acids is 2. The third-order valence-corrected chi connectivity index (χ3v) is 6.11. The maximum absolute atomic E-state index is 13.6. The molecule has 37 heavy (non-hydrogen) atoms. The van der Waals surface area contributed by atoms with Crippen LogP contribution in [0.15, 0.2) is 78.9 Å². The van der Waals surface area contributed by atoms with Crippen LogP contribution in [-0.4, -0.2) is 34.9 Å². The van der Waals surface area contributed by atoms with Crippen LogP contribution in [0, 0.1) is 6.92 Å². The molecule has 0 fully saturated rings. The van der Waals surface area contributed by atoms with Gasteiger partial charge in [-0.2, -0.15) is 0 Å². The summed E-state index contributed by atoms with van der Waals surface area (Å²) in [6.07, 6.45) is 1.24. The Bertz CT molecular complexity index is 1140. The molecule has 0 spiro atoms. The Kier molecular flexibility index (Phi) is 10.2. The van der Waals surface area contributed by atoms with Gasteiger partial charge >= 0.3 is 0 Å². The van der Waals surface area contributed by atoms with Crippen molar-refractivity contribution in [2.45, 2.75) is 65.1 Å². The van der Waals surface area contributed by atoms with E-state index in [0.29, 0.717) is 36.8 Å². The van der Waals surface area contributed by atoms with E-state index in [0.717, 1.165) is 16.7 Å². The van der Waals surface area contributed by atoms with Gasteiger partial charge in [-0.05, 0) is 69.5 Å². The van der Waals surface area contributed by atoms with Gasteiger partial charge in [-0.3, -0.25) is 9.59 Å². The molecule has 2 amide bonds. The summed E-state index contributed by atoms with van der Waals surface area (Å²) in [7, 11) is 0. The van der Waals surface area contributed by atoms with E-state index in [9.17, 15) is 9.59 Å². The molecule has 3 aromatic rings. The number of ether oxygens (including phenoxy) is 1. The topological polar surface area (TPSA) is 58.6 Å². The Labute approximate surface area is 225 Å². The van der Waals surface area contributed by atoms with Crippen molar-refractivity contribution in [3.05, 3.63) is 101 Å². The predicted octanol–water partition coefficient (Wildman–Crippen LogP) is 6.36. The number of hydrogen-bond acceptors (Lipinski definition) is 3. The van der Waals surface area contributed by atoms with Gasteiger partial charge in [0.05, 0.1) is 6.61 Å². The quantitative estimate of drug-likeness (QED) is 0.299. The van der Waals surface area contributed by atoms with Crippen LogP contribution in [0.1, 0.15) is 50.3 Å². The zero-order valence-corrected chi connectivity index (χ0v) is 22.9. The number of rotatable bonds is 11. The monoisotopic (exact) mass is 520 g/mol. The number of amides is 2. The van der Waals surface area contributed by atoms with E-state index in [-0.39, 0.29) is 18.2 Å². The molecule has 0 aliphatic heterocycles. The van der Waals surface area contributed by atoms with Crippen LogP contribution in [0.5, 0.6) is 5.75 Å². The van der Waals surface area contributed by atoms with E-state index >= 15 is 0 Å². The number of nitrogens with one attached hydrogen (secondary N) is 1. The molecule has 0 bridgehead atoms. The first-order valence-corrected chi connectivity index (χ1v) is 13.1. The molecule has 1 atom stereocenters. The number of nitrogens with zero attached hydrogens (tertiary/aromatic N) is 1. The second kappa shape index (κ2) is 13.3. The molecule has 5 nitrogen and oxygen atoms in total. The van der Waals surface area contributed by atoms with Crippen LogP contribution in [-0.2, 0) is 22.6 Å². The van der Waals surface area contributed by atoms with Crippen molar-refractivity contribution in [2.24, 2.45) is 0 Å². The first-order valence-electron chi connectivity index (χ1n) is 12.7. The molecule has 1 N–H and O–H groups in total. The van der Waals surface area contributed by atoms with Gasteiger partial charge in [0.25, 0.3) is 0 Å². The Morgan fingerprint density at radius 1 is 0.919 bits per heavy atom. The van der Waals surface area contributed by atoms with Crippen molar-refractivity contribution in [1.82, 2.24) is 10.2 Å². The third-order valence-electron chi connectivity index (χ3n) is 5.86. The summed E-state index contributed by atoms with van der Waals surface area (Å²) < 4.78 is 5.78. The Morgan fingerprint density at radius 2 is 1.57 bits per heavy atom. The second-order valence-corrected chi connectivity index (χ2v) is 10.8. The van der Waals surface area contributed by atoms with Gasteiger partial charge in [-0.1, -0.05) is 71.8 Å². The summed E-state index contributed by atoms with van der Waals surface area (Å²) in [6.45, 7) is 8.62. The van der Waals surface area contributed by atoms with E-state index in [2.05, 4.69) is 5.32 Å². The fourth-order valence-corrected chi connectivity index (χ4v) is 4.11. The maximum atomic E-state index is 13.6. The summed E-state index contributed by atoms with van der Waals surface area (Å²) in [5.41, 5.74) is 2.71. The lowest BCUT2D eigenvalue weighted by Crippen LogP contribution is -2.54. The highest BCUT2D eigenvalue weighted by Crippen LogP contribution is 2.19. The minimum Gasteiger partial charge on any atom is -0.494 e. The standard InChI is InChI=1S/C31H37ClN2O3/c1-23-12-14-25(15-13-23)22-34(29(35)11-8-20-37-27-18-16-26(32)17-19-27)28(30(36)33-31(2,3)4)21-24-9-6-5-7-10-24/h5-7,9-10,12-19,28H,8,11,20-22H2,1-4H3,(H,33,36)/t28-/m1/s1. The fourth-order valence-electron chi connectivity index (χ4n) is 3.98. The molecule has 3 aromatic carbocycles. The number of hydrogen-bond donors (Lipinski definition) is 1. The normalized spacial score (nSPS) is 12.0. The second-order valence-electron chi connectivity index (χ2n) is 10.4. The highest BCUT2D eigenvalue weighted by molar-refractivity contribution is 6.30. The van der Waals surface area contributed by atoms with E-state index < -0.39 is 11.6 Å². The zero-order valence-electron chi connectivity index (χ0n) is 22.2. The Balaban J connectivity index is 1.80. The van der Waals surface area contributed by atoms with Crippen molar-refractivity contribution in [2.75, 3.05) is 6.61 Å². The van der Waals surface area contributed by atoms with Crippen molar-refractivity contribution in [3.8, 4) is 5.75 Å². The lowest BCUT2D eigenvalue weighted by Gasteiger charge is -2.34. The summed E-state index contributed by atoms with van der Waals surface area (Å²) in [4.78, 5) is 28.9. The van der Waals surface area contributed by atoms with E-state index in [4.69, 9.17) is 16.3 Å². The van der Waals surface area contributed by atoms with Crippen molar-refractivity contribution in [3.63, 3.8) is 0 Å². The first-order chi connectivity index (χ1) is 17.6. The van der Waals surface area contributed by atoms with Crippen molar-refractivity contribution < 1.29 is 14.3 Å². The lowest BCUT2D eigenvalue weighted by atomic mass is 10.00. The largest absolute Gasteiger partial charge is 0.494 e. The maximum Gasteiger partial charge on any atom is 0.243 e. The fraction of sp³-hybridized carbons (Fsp3) is 0.355. The zero-order chi connectivity index (χ0) is 26.8. The SMILES string of the molecule is Cc1ccc(CN(C(=O)CCCOc2ccc(Cl)cc2)[C@H](Cc2ccccc2)C(=O)NC(C)(C)C)cc1. The lowest BCUT2D eigenvalue weighted by molar-refractivity contribution is -0.142. The van der Waals surface area contributed by atoms with Crippen molar-refractivity contribution >= 4 is 23.4 Å². The molecule has 3 rings (SSSR count). The minimum atomic E-state index is -0.646. The molecule has 0 aliphatic rings. The van der Waals surface area contributed by atoms with Crippen molar-refractivity contribution in [1.29, 1.82) is 0 Å². The molecule has 0 heterocycles. The van der Waals surface area contributed by atoms with Gasteiger partial charge in [0.1, 0.15) is 11.8 Å². The molecular weight excluding hydrogens is 484 g/mol. The van der Waals surface area contributed by atoms with E-state index in [1.165, 1.54) is 0 Å². The van der Waals surface area contributed by atoms with Crippen LogP contribution < -0.4 is 10.1 Å². The van der Waals surface area contributed by atoms with Gasteiger partial charge in [0.15, 0.2) is 0 Å². The average Bonchev–Trinajstić information content (AvgIpc) is 2.85. The average molecular weight is 521 g/mol. The van der Waals surface area contributed by atoms with Gasteiger partial charge in [0.2, 0.25) is 11.8 Å². The van der Waals surface area contributed by atoms with Crippen LogP contribution in [0.4, 0.5) is 0 Å². The molecule has 0 unspecified atom stereocenters. The van der Waals surface area contributed by atoms with E-state index in [1.807, 2.05) is 82.3 Å². The number of aryl methyl sites for hydroxylation is 1. The van der Waals surface area contributed by atoms with Gasteiger partial charge in [-0.15, -0.1) is 0 Å². The van der Waals surface area contributed by atoms with Gasteiger partial charge in [0, 0.05) is 29.9 Å². The smallest absolute Gasteiger partial charge is 0.243 e. The summed E-state index contributed by atoms with van der Waals surface area (Å²) in [6, 6.07) is 24.4. The van der Waals surface area contributed by atoms with E-state index in [1.54, 1.807) is 29.2 Å². The molecule has 0 aliphatic carbocycles. The Hall–Kier alpha value is -3.31. The predicted molar refractivity (Wildman–Crippen MR) is 150 cm³/mol. The number of carbonyl (C=O) groups is 2. The van der Waals surface area contributed by atoms with Gasteiger partial charge in [-0.25, -0.2) is 0 Å². The molecular formula is C31H37ClN2O3. The van der Waals surface area contributed by atoms with Gasteiger partial charge < -0.3 is 15.0 Å². The van der Waals surface area contributed by atoms with Crippen LogP contribution in [0.3, 0.4) is 0 Å². The summed E-state index contributed by atoms with van der Waals surface area (Å²) >= 11 is 5.94. The third kappa shape index (κ3) is 9.58. The number of halogens is 1. The van der Waals surface area contributed by atoms with Crippen LogP contribution >= 0.6 is 11.6 Å². The molecule has 196 valence electrons. The highest BCUT2D eigenvalue weighted by Gasteiger charge is 2.32. The van der Waals surface area contributed by atoms with Crippen LogP contribution in [0.25, 0.3) is 0 Å². The van der Waals surface area contributed by atoms with Crippen LogP contribution in [0.2, 0.25) is 5.02 Å². The summed E-state index contributed by atoms with van der Waals surface area (Å²) in [5, 5.41) is 3.74. The molecule has 0 saturated carbocycles. The number of benzene rings is 3. The highest BCUT2D eigenvalue weighted by atomic mass is 35.5. The summed E-state index contributed by atoms with van der Waals surface area (Å²) in [5.74, 6) is 0.472. The molecule has 6 heteroatoms. The first kappa shape index (κ1) is 28.3. The molecule has 0 aromatic heterocycles. The Morgan fingerprint density at radius 3 is 2.19 bits per heavy atom. The molecule has 0 saturated heterocycles. The minimum absolute atomic E-state index is 0.0785.